The Bertz CT molecular complexity index is 531. The Morgan fingerprint density at radius 2 is 1.92 bits per heavy atom. The van der Waals surface area contributed by atoms with E-state index in [-0.39, 0.29) is 5.54 Å². The van der Waals surface area contributed by atoms with Crippen molar-refractivity contribution in [1.29, 1.82) is 0 Å². The van der Waals surface area contributed by atoms with Crippen molar-refractivity contribution in [2.45, 2.75) is 51.1 Å². The van der Waals surface area contributed by atoms with Gasteiger partial charge in [0.1, 0.15) is 0 Å². The molecule has 6 nitrogen and oxygen atoms in total. The summed E-state index contributed by atoms with van der Waals surface area (Å²) in [6, 6.07) is 0. The molecule has 2 fully saturated rings. The maximum atomic E-state index is 5.65. The minimum Gasteiger partial charge on any atom is -0.481 e. The van der Waals surface area contributed by atoms with Crippen molar-refractivity contribution in [1.82, 2.24) is 20.0 Å². The fraction of sp³-hybridized carbons (Fsp3) is 0.833. The molecule has 0 aliphatic carbocycles. The van der Waals surface area contributed by atoms with Crippen LogP contribution in [0.4, 0.5) is 0 Å². The van der Waals surface area contributed by atoms with E-state index in [0.29, 0.717) is 0 Å². The van der Waals surface area contributed by atoms with Crippen LogP contribution in [0, 0.1) is 6.92 Å². The number of aromatic nitrogens is 2. The molecular formula is C18H32N4O2. The average Bonchev–Trinajstić information content (AvgIpc) is 2.89. The molecule has 0 radical (unpaired) electrons. The van der Waals surface area contributed by atoms with Crippen LogP contribution in [0.3, 0.4) is 0 Å². The van der Waals surface area contributed by atoms with E-state index in [9.17, 15) is 0 Å². The maximum absolute atomic E-state index is 5.65. The highest BCUT2D eigenvalue weighted by atomic mass is 16.5. The molecule has 1 aromatic rings. The van der Waals surface area contributed by atoms with E-state index in [1.807, 2.05) is 18.7 Å². The summed E-state index contributed by atoms with van der Waals surface area (Å²) >= 11 is 0. The Hall–Kier alpha value is -1.11. The van der Waals surface area contributed by atoms with E-state index in [4.69, 9.17) is 9.47 Å². The molecular weight excluding hydrogens is 304 g/mol. The zero-order valence-electron chi connectivity index (χ0n) is 15.4. The normalized spacial score (nSPS) is 21.8. The second-order valence-electron chi connectivity index (χ2n) is 7.18. The van der Waals surface area contributed by atoms with E-state index in [2.05, 4.69) is 15.3 Å². The number of rotatable bonds is 6. The third kappa shape index (κ3) is 3.60. The topological polar surface area (TPSA) is 51.6 Å². The van der Waals surface area contributed by atoms with E-state index < -0.39 is 0 Å². The van der Waals surface area contributed by atoms with Gasteiger partial charge < -0.3 is 14.8 Å². The standard InChI is InChI=1S/C18H32N4O2/c1-15-16(17(23-3)21(2)20-15)13-19-14-18(7-11-24-12-8-18)22-9-5-4-6-10-22/h19H,4-14H2,1-3H3. The van der Waals surface area contributed by atoms with Crippen LogP contribution >= 0.6 is 0 Å². The summed E-state index contributed by atoms with van der Waals surface area (Å²) in [5.41, 5.74) is 2.46. The Balaban J connectivity index is 1.66. The molecule has 136 valence electrons. The summed E-state index contributed by atoms with van der Waals surface area (Å²) < 4.78 is 13.0. The van der Waals surface area contributed by atoms with Crippen LogP contribution < -0.4 is 10.1 Å². The molecule has 1 aromatic heterocycles. The highest BCUT2D eigenvalue weighted by Gasteiger charge is 2.38. The molecule has 0 spiro atoms. The molecule has 0 unspecified atom stereocenters. The summed E-state index contributed by atoms with van der Waals surface area (Å²) in [5, 5.41) is 8.18. The molecule has 24 heavy (non-hydrogen) atoms. The van der Waals surface area contributed by atoms with Crippen LogP contribution in [0.5, 0.6) is 5.88 Å². The van der Waals surface area contributed by atoms with Crippen LogP contribution in [0.2, 0.25) is 0 Å². The summed E-state index contributed by atoms with van der Waals surface area (Å²) in [6.45, 7) is 8.09. The second kappa shape index (κ2) is 7.85. The fourth-order valence-corrected chi connectivity index (χ4v) is 4.28. The van der Waals surface area contributed by atoms with Gasteiger partial charge in [-0.2, -0.15) is 5.10 Å². The first kappa shape index (κ1) is 17.7. The lowest BCUT2D eigenvalue weighted by Gasteiger charge is -2.48. The van der Waals surface area contributed by atoms with Crippen LogP contribution in [-0.4, -0.2) is 60.2 Å². The third-order valence-corrected chi connectivity index (χ3v) is 5.69. The Kier molecular flexibility index (Phi) is 5.79. The van der Waals surface area contributed by atoms with E-state index in [0.717, 1.165) is 50.7 Å². The monoisotopic (exact) mass is 336 g/mol. The van der Waals surface area contributed by atoms with Crippen LogP contribution in [0.15, 0.2) is 0 Å². The summed E-state index contributed by atoms with van der Waals surface area (Å²) in [6.07, 6.45) is 6.30. The molecule has 2 aliphatic heterocycles. The number of ether oxygens (including phenoxy) is 2. The lowest BCUT2D eigenvalue weighted by atomic mass is 9.86. The first-order valence-corrected chi connectivity index (χ1v) is 9.26. The SMILES string of the molecule is COc1c(CNCC2(N3CCCCC3)CCOCC2)c(C)nn1C. The first-order valence-electron chi connectivity index (χ1n) is 9.26. The van der Waals surface area contributed by atoms with Gasteiger partial charge in [-0.3, -0.25) is 4.90 Å². The highest BCUT2D eigenvalue weighted by molar-refractivity contribution is 5.30. The van der Waals surface area contributed by atoms with Crippen molar-refractivity contribution in [2.75, 3.05) is 40.0 Å². The number of nitrogens with zero attached hydrogens (tertiary/aromatic N) is 3. The lowest BCUT2D eigenvalue weighted by Crippen LogP contribution is -2.59. The van der Waals surface area contributed by atoms with Crippen LogP contribution in [0.25, 0.3) is 0 Å². The first-order chi connectivity index (χ1) is 11.7. The minimum absolute atomic E-state index is 0.252. The van der Waals surface area contributed by atoms with Gasteiger partial charge in [-0.15, -0.1) is 0 Å². The van der Waals surface area contributed by atoms with Crippen molar-refractivity contribution < 1.29 is 9.47 Å². The molecule has 0 saturated carbocycles. The molecule has 1 N–H and O–H groups in total. The number of aryl methyl sites for hydroxylation is 2. The van der Waals surface area contributed by atoms with Gasteiger partial charge in [0.25, 0.3) is 0 Å². The van der Waals surface area contributed by atoms with Crippen molar-refractivity contribution in [2.24, 2.45) is 7.05 Å². The van der Waals surface area contributed by atoms with Crippen molar-refractivity contribution >= 4 is 0 Å². The van der Waals surface area contributed by atoms with E-state index in [1.54, 1.807) is 7.11 Å². The van der Waals surface area contributed by atoms with Crippen LogP contribution in [0.1, 0.15) is 43.4 Å². The molecule has 6 heteroatoms. The zero-order valence-corrected chi connectivity index (χ0v) is 15.4. The second-order valence-corrected chi connectivity index (χ2v) is 7.18. The number of hydrogen-bond acceptors (Lipinski definition) is 5. The van der Waals surface area contributed by atoms with Gasteiger partial charge in [0, 0.05) is 38.9 Å². The zero-order chi connectivity index (χ0) is 17.0. The van der Waals surface area contributed by atoms with E-state index in [1.165, 1.54) is 37.9 Å². The molecule has 3 rings (SSSR count). The Labute approximate surface area is 145 Å². The van der Waals surface area contributed by atoms with Gasteiger partial charge in [-0.1, -0.05) is 6.42 Å². The number of likely N-dealkylation sites (tertiary alicyclic amines) is 1. The summed E-state index contributed by atoms with van der Waals surface area (Å²) in [7, 11) is 3.65. The van der Waals surface area contributed by atoms with Gasteiger partial charge in [0.05, 0.1) is 18.4 Å². The summed E-state index contributed by atoms with van der Waals surface area (Å²) in [4.78, 5) is 2.72. The van der Waals surface area contributed by atoms with Gasteiger partial charge in [-0.25, -0.2) is 4.68 Å². The molecule has 2 saturated heterocycles. The van der Waals surface area contributed by atoms with Gasteiger partial charge in [-0.05, 0) is 45.7 Å². The number of hydrogen-bond donors (Lipinski definition) is 1. The average molecular weight is 336 g/mol. The summed E-state index contributed by atoms with van der Waals surface area (Å²) in [5.74, 6) is 0.860. The molecule has 2 aliphatic rings. The Morgan fingerprint density at radius 1 is 1.21 bits per heavy atom. The molecule has 0 bridgehead atoms. The molecule has 0 amide bonds. The highest BCUT2D eigenvalue weighted by Crippen LogP contribution is 2.30. The number of nitrogens with one attached hydrogen (secondary N) is 1. The Morgan fingerprint density at radius 3 is 2.58 bits per heavy atom. The quantitative estimate of drug-likeness (QED) is 0.859. The maximum Gasteiger partial charge on any atom is 0.216 e. The van der Waals surface area contributed by atoms with Crippen molar-refractivity contribution in [3.8, 4) is 5.88 Å². The smallest absolute Gasteiger partial charge is 0.216 e. The van der Waals surface area contributed by atoms with Crippen molar-refractivity contribution in [3.05, 3.63) is 11.3 Å². The van der Waals surface area contributed by atoms with Crippen molar-refractivity contribution in [3.63, 3.8) is 0 Å². The van der Waals surface area contributed by atoms with E-state index >= 15 is 0 Å². The lowest BCUT2D eigenvalue weighted by molar-refractivity contribution is -0.0358. The van der Waals surface area contributed by atoms with Crippen LogP contribution in [-0.2, 0) is 18.3 Å². The van der Waals surface area contributed by atoms with Gasteiger partial charge in [0.15, 0.2) is 0 Å². The largest absolute Gasteiger partial charge is 0.481 e. The predicted molar refractivity (Wildman–Crippen MR) is 94.4 cm³/mol. The molecule has 3 heterocycles. The molecule has 0 aromatic carbocycles. The predicted octanol–water partition coefficient (Wildman–Crippen LogP) is 1.86. The van der Waals surface area contributed by atoms with Gasteiger partial charge in [0.2, 0.25) is 5.88 Å². The minimum atomic E-state index is 0.252. The van der Waals surface area contributed by atoms with Gasteiger partial charge >= 0.3 is 0 Å². The molecule has 0 atom stereocenters. The fourth-order valence-electron chi connectivity index (χ4n) is 4.28. The third-order valence-electron chi connectivity index (χ3n) is 5.69. The number of piperidine rings is 1. The number of methoxy groups -OCH3 is 1.